The Labute approximate surface area is 113 Å². The summed E-state index contributed by atoms with van der Waals surface area (Å²) >= 11 is 0. The van der Waals surface area contributed by atoms with Crippen LogP contribution in [-0.2, 0) is 12.8 Å². The van der Waals surface area contributed by atoms with Gasteiger partial charge in [0.2, 0.25) is 0 Å². The molecular formula is C14H18N4O. The van der Waals surface area contributed by atoms with E-state index in [1.807, 2.05) is 38.2 Å². The van der Waals surface area contributed by atoms with Gasteiger partial charge in [0.25, 0.3) is 0 Å². The zero-order valence-corrected chi connectivity index (χ0v) is 11.5. The summed E-state index contributed by atoms with van der Waals surface area (Å²) in [4.78, 5) is 4.39. The van der Waals surface area contributed by atoms with Crippen LogP contribution >= 0.6 is 0 Å². The molecule has 0 amide bonds. The van der Waals surface area contributed by atoms with Gasteiger partial charge in [0.1, 0.15) is 5.75 Å². The molecule has 1 aromatic carbocycles. The Morgan fingerprint density at radius 1 is 1.00 bits per heavy atom. The molecule has 0 atom stereocenters. The number of rotatable bonds is 5. The molecule has 1 heterocycles. The van der Waals surface area contributed by atoms with Crippen LogP contribution in [0.4, 0.5) is 5.69 Å². The molecule has 0 unspecified atom stereocenters. The van der Waals surface area contributed by atoms with Crippen molar-refractivity contribution in [3.05, 3.63) is 35.7 Å². The van der Waals surface area contributed by atoms with Crippen molar-refractivity contribution in [2.75, 3.05) is 12.4 Å². The summed E-state index contributed by atoms with van der Waals surface area (Å²) < 4.78 is 5.61. The molecule has 0 saturated carbocycles. The molecule has 0 fully saturated rings. The first-order valence-electron chi connectivity index (χ1n) is 6.45. The Kier molecular flexibility index (Phi) is 4.28. The van der Waals surface area contributed by atoms with Gasteiger partial charge in [-0.05, 0) is 37.1 Å². The van der Waals surface area contributed by atoms with E-state index in [9.17, 15) is 0 Å². The molecule has 1 aromatic heterocycles. The lowest BCUT2D eigenvalue weighted by molar-refractivity contribution is 0.428. The van der Waals surface area contributed by atoms with Gasteiger partial charge in [-0.3, -0.25) is 0 Å². The first-order valence-corrected chi connectivity index (χ1v) is 6.45. The number of hydrogen-bond donors (Lipinski definition) is 1. The summed E-state index contributed by atoms with van der Waals surface area (Å²) in [5.41, 5.74) is 2.90. The van der Waals surface area contributed by atoms with Crippen molar-refractivity contribution in [2.45, 2.75) is 26.7 Å². The van der Waals surface area contributed by atoms with Crippen LogP contribution in [0, 0.1) is 0 Å². The van der Waals surface area contributed by atoms with E-state index >= 15 is 0 Å². The molecule has 0 radical (unpaired) electrons. The molecule has 2 rings (SSSR count). The molecule has 0 saturated heterocycles. The Balaban J connectivity index is 2.18. The topological polar surface area (TPSA) is 59.9 Å². The molecule has 0 aliphatic rings. The summed E-state index contributed by atoms with van der Waals surface area (Å²) in [6.45, 7) is 4.09. The van der Waals surface area contributed by atoms with E-state index < -0.39 is 0 Å². The second-order valence-corrected chi connectivity index (χ2v) is 4.07. The van der Waals surface area contributed by atoms with Crippen molar-refractivity contribution in [2.24, 2.45) is 0 Å². The molecule has 0 aliphatic heterocycles. The van der Waals surface area contributed by atoms with Crippen LogP contribution in [0.3, 0.4) is 0 Å². The molecule has 19 heavy (non-hydrogen) atoms. The Morgan fingerprint density at radius 2 is 1.68 bits per heavy atom. The van der Waals surface area contributed by atoms with Gasteiger partial charge in [-0.15, -0.1) is 5.10 Å². The van der Waals surface area contributed by atoms with Gasteiger partial charge < -0.3 is 10.1 Å². The highest BCUT2D eigenvalue weighted by Crippen LogP contribution is 2.20. The Hall–Kier alpha value is -2.17. The van der Waals surface area contributed by atoms with Crippen LogP contribution in [-0.4, -0.2) is 22.2 Å². The van der Waals surface area contributed by atoms with Crippen molar-refractivity contribution in [3.63, 3.8) is 0 Å². The molecule has 100 valence electrons. The van der Waals surface area contributed by atoms with E-state index in [4.69, 9.17) is 4.74 Å². The third-order valence-electron chi connectivity index (χ3n) is 2.84. The van der Waals surface area contributed by atoms with E-state index in [-0.39, 0.29) is 0 Å². The SMILES string of the molecule is CCc1nnc(Oc2ccc(NC)cc2)nc1CC. The molecule has 5 nitrogen and oxygen atoms in total. The molecule has 0 spiro atoms. The van der Waals surface area contributed by atoms with Gasteiger partial charge in [0, 0.05) is 12.7 Å². The molecular weight excluding hydrogens is 240 g/mol. The maximum Gasteiger partial charge on any atom is 0.341 e. The second kappa shape index (κ2) is 6.13. The number of benzene rings is 1. The fourth-order valence-electron chi connectivity index (χ4n) is 1.76. The highest BCUT2D eigenvalue weighted by Gasteiger charge is 2.07. The van der Waals surface area contributed by atoms with E-state index in [0.29, 0.717) is 11.8 Å². The smallest absolute Gasteiger partial charge is 0.341 e. The molecule has 1 N–H and O–H groups in total. The zero-order valence-electron chi connectivity index (χ0n) is 11.5. The lowest BCUT2D eigenvalue weighted by Crippen LogP contribution is -2.04. The number of ether oxygens (including phenoxy) is 1. The third kappa shape index (κ3) is 3.19. The standard InChI is InChI=1S/C14H18N4O/c1-4-12-13(5-2)17-18-14(16-12)19-11-8-6-10(15-3)7-9-11/h6-9,15H,4-5H2,1-3H3. The average Bonchev–Trinajstić information content (AvgIpc) is 2.48. The number of hydrogen-bond acceptors (Lipinski definition) is 5. The molecule has 0 bridgehead atoms. The van der Waals surface area contributed by atoms with Gasteiger partial charge >= 0.3 is 6.01 Å². The minimum atomic E-state index is 0.297. The molecule has 2 aromatic rings. The van der Waals surface area contributed by atoms with Gasteiger partial charge in [-0.25, -0.2) is 0 Å². The molecule has 5 heteroatoms. The lowest BCUT2D eigenvalue weighted by atomic mass is 10.2. The number of aromatic nitrogens is 3. The number of nitrogens with one attached hydrogen (secondary N) is 1. The fourth-order valence-corrected chi connectivity index (χ4v) is 1.76. The normalized spacial score (nSPS) is 10.3. The Morgan fingerprint density at radius 3 is 2.26 bits per heavy atom. The van der Waals surface area contributed by atoms with Gasteiger partial charge in [-0.2, -0.15) is 4.98 Å². The summed E-state index contributed by atoms with van der Waals surface area (Å²) in [6.07, 6.45) is 1.66. The second-order valence-electron chi connectivity index (χ2n) is 4.07. The van der Waals surface area contributed by atoms with E-state index in [2.05, 4.69) is 27.4 Å². The predicted molar refractivity (Wildman–Crippen MR) is 74.6 cm³/mol. The maximum atomic E-state index is 5.61. The number of nitrogens with zero attached hydrogens (tertiary/aromatic N) is 3. The maximum absolute atomic E-state index is 5.61. The quantitative estimate of drug-likeness (QED) is 0.893. The van der Waals surface area contributed by atoms with Crippen molar-refractivity contribution >= 4 is 5.69 Å². The first-order chi connectivity index (χ1) is 9.26. The minimum absolute atomic E-state index is 0.297. The lowest BCUT2D eigenvalue weighted by Gasteiger charge is -2.07. The van der Waals surface area contributed by atoms with Crippen molar-refractivity contribution in [3.8, 4) is 11.8 Å². The van der Waals surface area contributed by atoms with Crippen LogP contribution < -0.4 is 10.1 Å². The highest BCUT2D eigenvalue weighted by molar-refractivity contribution is 5.46. The summed E-state index contributed by atoms with van der Waals surface area (Å²) in [5.74, 6) is 0.701. The highest BCUT2D eigenvalue weighted by atomic mass is 16.5. The van der Waals surface area contributed by atoms with Crippen LogP contribution in [0.5, 0.6) is 11.8 Å². The largest absolute Gasteiger partial charge is 0.423 e. The van der Waals surface area contributed by atoms with E-state index in [1.165, 1.54) is 0 Å². The summed E-state index contributed by atoms with van der Waals surface area (Å²) in [5, 5.41) is 11.2. The average molecular weight is 258 g/mol. The predicted octanol–water partition coefficient (Wildman–Crippen LogP) is 2.83. The fraction of sp³-hybridized carbons (Fsp3) is 0.357. The summed E-state index contributed by atoms with van der Waals surface area (Å²) in [6, 6.07) is 7.91. The van der Waals surface area contributed by atoms with Gasteiger partial charge in [0.15, 0.2) is 0 Å². The summed E-state index contributed by atoms with van der Waals surface area (Å²) in [7, 11) is 1.87. The van der Waals surface area contributed by atoms with E-state index in [0.717, 1.165) is 29.9 Å². The van der Waals surface area contributed by atoms with Gasteiger partial charge in [-0.1, -0.05) is 18.9 Å². The van der Waals surface area contributed by atoms with Crippen LogP contribution in [0.25, 0.3) is 0 Å². The van der Waals surface area contributed by atoms with Crippen molar-refractivity contribution in [1.82, 2.24) is 15.2 Å². The number of aryl methyl sites for hydroxylation is 2. The van der Waals surface area contributed by atoms with Crippen molar-refractivity contribution < 1.29 is 4.74 Å². The monoisotopic (exact) mass is 258 g/mol. The number of anilines is 1. The van der Waals surface area contributed by atoms with Crippen molar-refractivity contribution in [1.29, 1.82) is 0 Å². The first kappa shape index (κ1) is 13.3. The van der Waals surface area contributed by atoms with Crippen LogP contribution in [0.2, 0.25) is 0 Å². The third-order valence-corrected chi connectivity index (χ3v) is 2.84. The Bertz CT molecular complexity index is 540. The van der Waals surface area contributed by atoms with Gasteiger partial charge in [0.05, 0.1) is 11.4 Å². The minimum Gasteiger partial charge on any atom is -0.423 e. The van der Waals surface area contributed by atoms with Crippen LogP contribution in [0.1, 0.15) is 25.2 Å². The molecule has 0 aliphatic carbocycles. The zero-order chi connectivity index (χ0) is 13.7. The van der Waals surface area contributed by atoms with Crippen LogP contribution in [0.15, 0.2) is 24.3 Å². The van der Waals surface area contributed by atoms with E-state index in [1.54, 1.807) is 0 Å².